The van der Waals surface area contributed by atoms with Crippen molar-refractivity contribution in [2.24, 2.45) is 11.8 Å². The van der Waals surface area contributed by atoms with Gasteiger partial charge in [0.15, 0.2) is 5.78 Å². The molecule has 1 aliphatic heterocycles. The lowest BCUT2D eigenvalue weighted by Crippen LogP contribution is -2.28. The topological polar surface area (TPSA) is 87.0 Å². The number of alkyl halides is 1. The van der Waals surface area contributed by atoms with Crippen LogP contribution >= 0.6 is 22.6 Å². The van der Waals surface area contributed by atoms with Crippen LogP contribution < -0.4 is 0 Å². The second-order valence-electron chi connectivity index (χ2n) is 8.53. The molecule has 2 fully saturated rings. The van der Waals surface area contributed by atoms with Gasteiger partial charge in [-0.2, -0.15) is 0 Å². The molecule has 1 heterocycles. The molecule has 0 spiro atoms. The third-order valence-corrected chi connectivity index (χ3v) is 7.72. The second-order valence-corrected chi connectivity index (χ2v) is 10.1. The number of fused-ring (bicyclic) bond motifs is 1. The number of carbonyl (C=O) groups is 1. The average Bonchev–Trinajstić information content (AvgIpc) is 3.24. The van der Waals surface area contributed by atoms with Gasteiger partial charge in [0.25, 0.3) is 0 Å². The van der Waals surface area contributed by atoms with Crippen molar-refractivity contribution in [3.8, 4) is 12.3 Å². The second kappa shape index (κ2) is 11.8. The van der Waals surface area contributed by atoms with E-state index in [4.69, 9.17) is 16.3 Å². The third kappa shape index (κ3) is 7.03. The number of halogens is 1. The molecule has 29 heavy (non-hydrogen) atoms. The molecule has 0 aromatic carbocycles. The van der Waals surface area contributed by atoms with E-state index in [0.29, 0.717) is 25.2 Å². The van der Waals surface area contributed by atoms with Crippen molar-refractivity contribution in [1.29, 1.82) is 0 Å². The minimum Gasteiger partial charge on any atom is -0.393 e. The number of carbonyl (C=O) groups excluding carboxylic acids is 1. The van der Waals surface area contributed by atoms with E-state index in [-0.39, 0.29) is 33.9 Å². The van der Waals surface area contributed by atoms with Crippen molar-refractivity contribution in [3.63, 3.8) is 0 Å². The highest BCUT2D eigenvalue weighted by Crippen LogP contribution is 2.47. The fourth-order valence-corrected chi connectivity index (χ4v) is 5.48. The van der Waals surface area contributed by atoms with Crippen LogP contribution in [0.15, 0.2) is 12.2 Å². The Kier molecular flexibility index (Phi) is 10.1. The van der Waals surface area contributed by atoms with Gasteiger partial charge in [0.05, 0.1) is 18.3 Å². The number of terminal acetylenes is 1. The molecule has 0 bridgehead atoms. The third-order valence-electron chi connectivity index (χ3n) is 6.41. The molecule has 2 aliphatic rings. The molecule has 6 heteroatoms. The van der Waals surface area contributed by atoms with E-state index in [1.54, 1.807) is 6.08 Å². The molecule has 2 rings (SSSR count). The molecule has 1 saturated heterocycles. The first-order valence-corrected chi connectivity index (χ1v) is 12.1. The predicted molar refractivity (Wildman–Crippen MR) is 122 cm³/mol. The Hall–Kier alpha value is -0.460. The van der Waals surface area contributed by atoms with Crippen LogP contribution in [-0.2, 0) is 9.53 Å². The number of aliphatic hydroxyl groups excluding tert-OH is 2. The van der Waals surface area contributed by atoms with Crippen LogP contribution in [0.5, 0.6) is 0 Å². The zero-order valence-corrected chi connectivity index (χ0v) is 19.5. The zero-order chi connectivity index (χ0) is 21.4. The van der Waals surface area contributed by atoms with Gasteiger partial charge < -0.3 is 20.1 Å². The van der Waals surface area contributed by atoms with E-state index in [9.17, 15) is 15.0 Å². The minimum atomic E-state index is -1.03. The van der Waals surface area contributed by atoms with Crippen LogP contribution in [0.1, 0.15) is 64.7 Å². The Morgan fingerprint density at radius 3 is 2.76 bits per heavy atom. The van der Waals surface area contributed by atoms with Gasteiger partial charge in [-0.1, -0.05) is 47.9 Å². The maximum atomic E-state index is 11.2. The summed E-state index contributed by atoms with van der Waals surface area (Å²) in [5, 5.41) is 29.9. The lowest BCUT2D eigenvalue weighted by molar-refractivity contribution is -0.117. The van der Waals surface area contributed by atoms with E-state index in [0.717, 1.165) is 38.5 Å². The minimum absolute atomic E-state index is 0.0897. The molecule has 0 aromatic rings. The quantitative estimate of drug-likeness (QED) is 0.160. The molecule has 0 radical (unpaired) electrons. The van der Waals surface area contributed by atoms with Crippen molar-refractivity contribution in [1.82, 2.24) is 0 Å². The Labute approximate surface area is 188 Å². The first kappa shape index (κ1) is 24.8. The van der Waals surface area contributed by atoms with Gasteiger partial charge in [0.2, 0.25) is 0 Å². The summed E-state index contributed by atoms with van der Waals surface area (Å²) in [7, 11) is 0. The molecule has 3 unspecified atom stereocenters. The predicted octanol–water partition coefficient (Wildman–Crippen LogP) is 3.18. The molecule has 1 aliphatic carbocycles. The largest absolute Gasteiger partial charge is 0.393 e. The zero-order valence-electron chi connectivity index (χ0n) is 17.3. The van der Waals surface area contributed by atoms with Crippen LogP contribution in [0.3, 0.4) is 0 Å². The molecule has 0 aromatic heterocycles. The summed E-state index contributed by atoms with van der Waals surface area (Å²) in [6.45, 7) is 1.63. The number of rotatable bonds is 12. The first-order valence-electron chi connectivity index (χ1n) is 10.8. The average molecular weight is 518 g/mol. The van der Waals surface area contributed by atoms with Crippen LogP contribution in [0.4, 0.5) is 0 Å². The summed E-state index contributed by atoms with van der Waals surface area (Å²) in [6.07, 6.45) is 15.7. The monoisotopic (exact) mass is 518 g/mol. The highest BCUT2D eigenvalue weighted by Gasteiger charge is 2.49. The maximum absolute atomic E-state index is 11.2. The molecule has 3 N–H and O–H groups in total. The number of ketones is 1. The summed E-state index contributed by atoms with van der Waals surface area (Å²) in [4.78, 5) is 11.2. The van der Waals surface area contributed by atoms with Crippen molar-refractivity contribution < 1.29 is 24.9 Å². The summed E-state index contributed by atoms with van der Waals surface area (Å²) in [6, 6.07) is 0. The van der Waals surface area contributed by atoms with Gasteiger partial charge in [0, 0.05) is 10.3 Å². The molecule has 164 valence electrons. The number of ether oxygens (including phenoxy) is 1. The summed E-state index contributed by atoms with van der Waals surface area (Å²) in [5.41, 5.74) is -1.03. The van der Waals surface area contributed by atoms with Crippen LogP contribution in [0, 0.1) is 24.2 Å². The molecule has 7 atom stereocenters. The van der Waals surface area contributed by atoms with Crippen molar-refractivity contribution in [2.75, 3.05) is 6.61 Å². The van der Waals surface area contributed by atoms with E-state index in [1.807, 2.05) is 0 Å². The van der Waals surface area contributed by atoms with E-state index >= 15 is 0 Å². The van der Waals surface area contributed by atoms with Gasteiger partial charge in [-0.25, -0.2) is 0 Å². The van der Waals surface area contributed by atoms with Gasteiger partial charge >= 0.3 is 0 Å². The van der Waals surface area contributed by atoms with E-state index in [2.05, 4.69) is 35.4 Å². The number of aliphatic hydroxyl groups is 3. The van der Waals surface area contributed by atoms with E-state index in [1.165, 1.54) is 6.08 Å². The van der Waals surface area contributed by atoms with Gasteiger partial charge in [0.1, 0.15) is 12.2 Å². The molecule has 1 saturated carbocycles. The van der Waals surface area contributed by atoms with Crippen molar-refractivity contribution in [3.05, 3.63) is 12.2 Å². The smallest absolute Gasteiger partial charge is 0.180 e. The Morgan fingerprint density at radius 2 is 2.10 bits per heavy atom. The number of allylic oxidation sites excluding steroid dienone is 1. The first-order chi connectivity index (χ1) is 13.8. The fraction of sp³-hybridized carbons (Fsp3) is 0.783. The lowest BCUT2D eigenvalue weighted by Gasteiger charge is -2.25. The number of hydrogen-bond acceptors (Lipinski definition) is 5. The summed E-state index contributed by atoms with van der Waals surface area (Å²) in [5.74, 6) is 2.81. The molecule has 0 amide bonds. The van der Waals surface area contributed by atoms with Gasteiger partial charge in [-0.05, 0) is 62.9 Å². The SMILES string of the molecule is C#CC(O)(CCCC)CCC[C@@H]1[C@H]2CC(C(I)CC=CC(=O)CO)O[C@H]2C[C@H]1O. The summed E-state index contributed by atoms with van der Waals surface area (Å²) >= 11 is 2.36. The maximum Gasteiger partial charge on any atom is 0.180 e. The normalized spacial score (nSPS) is 32.1. The number of unbranched alkanes of at least 4 members (excludes halogenated alkanes) is 1. The van der Waals surface area contributed by atoms with Gasteiger partial charge in [-0.15, -0.1) is 6.42 Å². The van der Waals surface area contributed by atoms with Gasteiger partial charge in [-0.3, -0.25) is 4.79 Å². The van der Waals surface area contributed by atoms with Crippen LogP contribution in [0.25, 0.3) is 0 Å². The molecular weight excluding hydrogens is 483 g/mol. The molecule has 5 nitrogen and oxygen atoms in total. The fourth-order valence-electron chi connectivity index (χ4n) is 4.72. The highest BCUT2D eigenvalue weighted by molar-refractivity contribution is 14.1. The Morgan fingerprint density at radius 1 is 1.38 bits per heavy atom. The number of hydrogen-bond donors (Lipinski definition) is 3. The Balaban J connectivity index is 1.84. The standard InChI is InChI=1S/C23H35IO5/c1-3-5-11-23(28,4-2)12-7-9-17-18-13-22(29-21(18)14-20(17)27)19(24)10-6-8-16(26)15-25/h2,6,8,17-22,25,27-28H,3,5,7,9-15H2,1H3/t17-,18-,19?,20-,21+,22?,23?/m1/s1. The Bertz CT molecular complexity index is 601. The molecular formula is C23H35IO5. The lowest BCUT2D eigenvalue weighted by atomic mass is 9.83. The van der Waals surface area contributed by atoms with Crippen molar-refractivity contribution >= 4 is 28.4 Å². The highest BCUT2D eigenvalue weighted by atomic mass is 127. The van der Waals surface area contributed by atoms with E-state index < -0.39 is 12.2 Å². The van der Waals surface area contributed by atoms with Crippen LogP contribution in [0.2, 0.25) is 0 Å². The summed E-state index contributed by atoms with van der Waals surface area (Å²) < 4.78 is 6.49. The van der Waals surface area contributed by atoms with Crippen LogP contribution in [-0.4, -0.2) is 55.5 Å². The van der Waals surface area contributed by atoms with Crippen molar-refractivity contribution in [2.45, 2.75) is 92.5 Å².